The minimum atomic E-state index is 0. The second-order valence-electron chi connectivity index (χ2n) is 5.72. The molecule has 2 heterocycles. The smallest absolute Gasteiger partial charge is 0.220 e. The number of hydrogen-bond donors (Lipinski definition) is 2. The molecule has 0 saturated carbocycles. The van der Waals surface area contributed by atoms with E-state index in [0.29, 0.717) is 24.3 Å². The molecule has 5 heteroatoms. The largest absolute Gasteiger partial charge is 0.381 e. The van der Waals surface area contributed by atoms with Crippen LogP contribution in [0.2, 0.25) is 0 Å². The molecule has 0 spiro atoms. The van der Waals surface area contributed by atoms with Crippen molar-refractivity contribution in [2.24, 2.45) is 11.8 Å². The van der Waals surface area contributed by atoms with Crippen molar-refractivity contribution in [3.63, 3.8) is 0 Å². The van der Waals surface area contributed by atoms with Crippen LogP contribution in [0.15, 0.2) is 0 Å². The van der Waals surface area contributed by atoms with Gasteiger partial charge < -0.3 is 15.4 Å². The van der Waals surface area contributed by atoms with Gasteiger partial charge in [0.1, 0.15) is 0 Å². The van der Waals surface area contributed by atoms with Crippen molar-refractivity contribution in [2.75, 3.05) is 26.3 Å². The quantitative estimate of drug-likeness (QED) is 0.829. The number of amides is 1. The van der Waals surface area contributed by atoms with Gasteiger partial charge in [-0.1, -0.05) is 6.92 Å². The zero-order valence-corrected chi connectivity index (χ0v) is 12.6. The van der Waals surface area contributed by atoms with E-state index in [1.807, 2.05) is 0 Å². The zero-order chi connectivity index (χ0) is 12.8. The standard InChI is InChI=1S/C14H26N2O2.ClH/c1-11(12-2-6-15-7-3-12)10-14(17)16-13-4-8-18-9-5-13;/h11-13,15H,2-10H2,1H3,(H,16,17);1H. The van der Waals surface area contributed by atoms with Crippen molar-refractivity contribution >= 4 is 18.3 Å². The third-order valence-electron chi connectivity index (χ3n) is 4.28. The van der Waals surface area contributed by atoms with E-state index in [9.17, 15) is 4.79 Å². The zero-order valence-electron chi connectivity index (χ0n) is 11.8. The van der Waals surface area contributed by atoms with Crippen molar-refractivity contribution in [1.82, 2.24) is 10.6 Å². The Morgan fingerprint density at radius 3 is 2.53 bits per heavy atom. The van der Waals surface area contributed by atoms with Crippen molar-refractivity contribution in [3.8, 4) is 0 Å². The predicted octanol–water partition coefficient (Wildman–Crippen LogP) is 1.73. The number of carbonyl (C=O) groups excluding carboxylic acids is 1. The molecule has 2 rings (SSSR count). The maximum absolute atomic E-state index is 12.0. The maximum Gasteiger partial charge on any atom is 0.220 e. The Bertz CT molecular complexity index is 264. The fourth-order valence-corrected chi connectivity index (χ4v) is 3.00. The summed E-state index contributed by atoms with van der Waals surface area (Å²) in [5.74, 6) is 1.45. The van der Waals surface area contributed by atoms with E-state index in [2.05, 4.69) is 17.6 Å². The summed E-state index contributed by atoms with van der Waals surface area (Å²) in [7, 11) is 0. The molecule has 112 valence electrons. The van der Waals surface area contributed by atoms with E-state index in [4.69, 9.17) is 4.74 Å². The highest BCUT2D eigenvalue weighted by Gasteiger charge is 2.23. The first-order valence-electron chi connectivity index (χ1n) is 7.33. The molecule has 2 saturated heterocycles. The number of halogens is 1. The van der Waals surface area contributed by atoms with Crippen molar-refractivity contribution < 1.29 is 9.53 Å². The lowest BCUT2D eigenvalue weighted by molar-refractivity contribution is -0.123. The van der Waals surface area contributed by atoms with Gasteiger partial charge in [-0.15, -0.1) is 12.4 Å². The van der Waals surface area contributed by atoms with E-state index in [1.165, 1.54) is 12.8 Å². The van der Waals surface area contributed by atoms with Crippen LogP contribution >= 0.6 is 12.4 Å². The fourth-order valence-electron chi connectivity index (χ4n) is 3.00. The Labute approximate surface area is 122 Å². The summed E-state index contributed by atoms with van der Waals surface area (Å²) >= 11 is 0. The van der Waals surface area contributed by atoms with Crippen molar-refractivity contribution in [2.45, 2.75) is 45.1 Å². The summed E-state index contributed by atoms with van der Waals surface area (Å²) < 4.78 is 5.30. The molecule has 4 nitrogen and oxygen atoms in total. The van der Waals surface area contributed by atoms with Crippen LogP contribution < -0.4 is 10.6 Å². The lowest BCUT2D eigenvalue weighted by atomic mass is 9.84. The molecule has 1 amide bonds. The van der Waals surface area contributed by atoms with Gasteiger partial charge in [-0.25, -0.2) is 0 Å². The molecule has 2 N–H and O–H groups in total. The van der Waals surface area contributed by atoms with Gasteiger partial charge in [-0.05, 0) is 50.6 Å². The van der Waals surface area contributed by atoms with Crippen LogP contribution in [0.5, 0.6) is 0 Å². The first-order chi connectivity index (χ1) is 8.75. The Hall–Kier alpha value is -0.320. The van der Waals surface area contributed by atoms with Crippen LogP contribution in [-0.2, 0) is 9.53 Å². The Kier molecular flexibility index (Phi) is 7.73. The number of piperidine rings is 1. The number of carbonyl (C=O) groups is 1. The third-order valence-corrected chi connectivity index (χ3v) is 4.28. The molecular formula is C14H27ClN2O2. The molecule has 1 unspecified atom stereocenters. The van der Waals surface area contributed by atoms with Gasteiger partial charge in [-0.3, -0.25) is 4.79 Å². The van der Waals surface area contributed by atoms with Crippen LogP contribution in [0, 0.1) is 11.8 Å². The predicted molar refractivity (Wildman–Crippen MR) is 78.6 cm³/mol. The van der Waals surface area contributed by atoms with Gasteiger partial charge in [0.25, 0.3) is 0 Å². The van der Waals surface area contributed by atoms with Crippen molar-refractivity contribution in [3.05, 3.63) is 0 Å². The molecule has 0 aromatic rings. The molecule has 0 radical (unpaired) electrons. The van der Waals surface area contributed by atoms with E-state index in [1.54, 1.807) is 0 Å². The minimum absolute atomic E-state index is 0. The van der Waals surface area contributed by atoms with Gasteiger partial charge >= 0.3 is 0 Å². The summed E-state index contributed by atoms with van der Waals surface area (Å²) in [5.41, 5.74) is 0. The second-order valence-corrected chi connectivity index (χ2v) is 5.72. The maximum atomic E-state index is 12.0. The summed E-state index contributed by atoms with van der Waals surface area (Å²) in [4.78, 5) is 12.0. The summed E-state index contributed by atoms with van der Waals surface area (Å²) in [5, 5.41) is 6.53. The molecule has 2 aliphatic rings. The highest BCUT2D eigenvalue weighted by atomic mass is 35.5. The molecule has 0 aromatic heterocycles. The van der Waals surface area contributed by atoms with Crippen LogP contribution in [0.1, 0.15) is 39.0 Å². The molecule has 0 aliphatic carbocycles. The number of rotatable bonds is 4. The lowest BCUT2D eigenvalue weighted by Crippen LogP contribution is -2.40. The van der Waals surface area contributed by atoms with E-state index in [0.717, 1.165) is 39.1 Å². The Balaban J connectivity index is 0.00000180. The van der Waals surface area contributed by atoms with Gasteiger partial charge in [0.15, 0.2) is 0 Å². The third kappa shape index (κ3) is 5.67. The molecular weight excluding hydrogens is 264 g/mol. The lowest BCUT2D eigenvalue weighted by Gasteiger charge is -2.29. The fraction of sp³-hybridized carbons (Fsp3) is 0.929. The highest BCUT2D eigenvalue weighted by Crippen LogP contribution is 2.24. The SMILES string of the molecule is CC(CC(=O)NC1CCOCC1)C1CCNCC1.Cl. The topological polar surface area (TPSA) is 50.4 Å². The van der Waals surface area contributed by atoms with Gasteiger partial charge in [0, 0.05) is 25.7 Å². The molecule has 0 bridgehead atoms. The van der Waals surface area contributed by atoms with Crippen LogP contribution in [0.3, 0.4) is 0 Å². The van der Waals surface area contributed by atoms with Gasteiger partial charge in [0.05, 0.1) is 0 Å². The molecule has 2 fully saturated rings. The Morgan fingerprint density at radius 2 is 1.89 bits per heavy atom. The van der Waals surface area contributed by atoms with E-state index >= 15 is 0 Å². The monoisotopic (exact) mass is 290 g/mol. The molecule has 1 atom stereocenters. The van der Waals surface area contributed by atoms with Crippen LogP contribution in [0.4, 0.5) is 0 Å². The number of ether oxygens (including phenoxy) is 1. The number of nitrogens with one attached hydrogen (secondary N) is 2. The molecule has 19 heavy (non-hydrogen) atoms. The molecule has 0 aromatic carbocycles. The second kappa shape index (κ2) is 8.77. The van der Waals surface area contributed by atoms with E-state index < -0.39 is 0 Å². The normalized spacial score (nSPS) is 23.4. The van der Waals surface area contributed by atoms with Crippen LogP contribution in [-0.4, -0.2) is 38.3 Å². The van der Waals surface area contributed by atoms with Gasteiger partial charge in [0.2, 0.25) is 5.91 Å². The number of hydrogen-bond acceptors (Lipinski definition) is 3. The van der Waals surface area contributed by atoms with Gasteiger partial charge in [-0.2, -0.15) is 0 Å². The highest BCUT2D eigenvalue weighted by molar-refractivity contribution is 5.85. The average Bonchev–Trinajstić information content (AvgIpc) is 2.40. The molecule has 2 aliphatic heterocycles. The average molecular weight is 291 g/mol. The van der Waals surface area contributed by atoms with Crippen LogP contribution in [0.25, 0.3) is 0 Å². The van der Waals surface area contributed by atoms with Crippen molar-refractivity contribution in [1.29, 1.82) is 0 Å². The summed E-state index contributed by atoms with van der Waals surface area (Å²) in [6, 6.07) is 0.339. The minimum Gasteiger partial charge on any atom is -0.381 e. The first-order valence-corrected chi connectivity index (χ1v) is 7.33. The Morgan fingerprint density at radius 1 is 1.26 bits per heavy atom. The first kappa shape index (κ1) is 16.7. The summed E-state index contributed by atoms with van der Waals surface area (Å²) in [6.45, 7) is 6.01. The van der Waals surface area contributed by atoms with E-state index in [-0.39, 0.29) is 18.3 Å². The summed E-state index contributed by atoms with van der Waals surface area (Å²) in [6.07, 6.45) is 5.04.